The fraction of sp³-hybridized carbons (Fsp3) is 0.286. The lowest BCUT2D eigenvalue weighted by Gasteiger charge is -2.24. The molecule has 1 heterocycles. The summed E-state index contributed by atoms with van der Waals surface area (Å²) in [5, 5.41) is 5.80. The van der Waals surface area contributed by atoms with Crippen molar-refractivity contribution in [3.63, 3.8) is 0 Å². The van der Waals surface area contributed by atoms with Gasteiger partial charge in [-0.1, -0.05) is 28.1 Å². The second-order valence-electron chi connectivity index (χ2n) is 4.64. The summed E-state index contributed by atoms with van der Waals surface area (Å²) in [5.74, 6) is -0.184. The predicted octanol–water partition coefficient (Wildman–Crippen LogP) is 2.44. The van der Waals surface area contributed by atoms with Gasteiger partial charge >= 0.3 is 0 Å². The lowest BCUT2D eigenvalue weighted by atomic mass is 9.92. The van der Waals surface area contributed by atoms with Gasteiger partial charge in [-0.2, -0.15) is 0 Å². The van der Waals surface area contributed by atoms with Gasteiger partial charge in [0.2, 0.25) is 5.91 Å². The molecule has 0 saturated heterocycles. The molecule has 1 unspecified atom stereocenters. The van der Waals surface area contributed by atoms with Crippen molar-refractivity contribution in [1.82, 2.24) is 10.3 Å². The highest BCUT2D eigenvalue weighted by Gasteiger charge is 2.30. The van der Waals surface area contributed by atoms with Crippen molar-refractivity contribution in [2.24, 2.45) is 5.73 Å². The summed E-state index contributed by atoms with van der Waals surface area (Å²) in [6, 6.07) is 7.46. The minimum atomic E-state index is -1.04. The predicted molar refractivity (Wildman–Crippen MR) is 84.5 cm³/mol. The maximum absolute atomic E-state index is 12.2. The second-order valence-corrected chi connectivity index (χ2v) is 6.54. The van der Waals surface area contributed by atoms with E-state index in [4.69, 9.17) is 5.73 Å². The van der Waals surface area contributed by atoms with Gasteiger partial charge in [-0.3, -0.25) is 4.79 Å². The molecular weight excluding hydrogens is 338 g/mol. The molecule has 0 aliphatic rings. The first-order chi connectivity index (χ1) is 9.50. The number of hydrogen-bond acceptors (Lipinski definition) is 4. The quantitative estimate of drug-likeness (QED) is 0.867. The molecule has 106 valence electrons. The van der Waals surface area contributed by atoms with E-state index in [-0.39, 0.29) is 5.91 Å². The highest BCUT2D eigenvalue weighted by molar-refractivity contribution is 9.10. The smallest absolute Gasteiger partial charge is 0.244 e. The molecule has 6 heteroatoms. The maximum Gasteiger partial charge on any atom is 0.244 e. The Morgan fingerprint density at radius 3 is 2.75 bits per heavy atom. The standard InChI is InChI=1S/C14H16BrN3OS/c1-14(16,10-2-4-11(15)5-3-10)13(19)18-7-6-12-17-8-9-20-12/h2-5,8-9H,6-7,16H2,1H3,(H,18,19). The van der Waals surface area contributed by atoms with Crippen LogP contribution in [0.2, 0.25) is 0 Å². The number of carbonyl (C=O) groups is 1. The molecule has 0 bridgehead atoms. The van der Waals surface area contributed by atoms with Crippen LogP contribution in [0.15, 0.2) is 40.3 Å². The molecule has 1 aromatic heterocycles. The van der Waals surface area contributed by atoms with Crippen LogP contribution in [0.1, 0.15) is 17.5 Å². The van der Waals surface area contributed by atoms with E-state index in [9.17, 15) is 4.79 Å². The first kappa shape index (κ1) is 15.2. The zero-order valence-corrected chi connectivity index (χ0v) is 13.5. The minimum absolute atomic E-state index is 0.184. The van der Waals surface area contributed by atoms with E-state index in [0.717, 1.165) is 21.5 Å². The molecular formula is C14H16BrN3OS. The Morgan fingerprint density at radius 2 is 2.15 bits per heavy atom. The van der Waals surface area contributed by atoms with Crippen LogP contribution in [0.5, 0.6) is 0 Å². The normalized spacial score (nSPS) is 13.8. The number of benzene rings is 1. The lowest BCUT2D eigenvalue weighted by molar-refractivity contribution is -0.126. The van der Waals surface area contributed by atoms with Gasteiger partial charge in [-0.25, -0.2) is 4.98 Å². The molecule has 1 aromatic carbocycles. The van der Waals surface area contributed by atoms with Gasteiger partial charge in [-0.05, 0) is 24.6 Å². The zero-order chi connectivity index (χ0) is 14.6. The largest absolute Gasteiger partial charge is 0.354 e. The summed E-state index contributed by atoms with van der Waals surface area (Å²) in [4.78, 5) is 16.4. The number of halogens is 1. The van der Waals surface area contributed by atoms with Crippen molar-refractivity contribution in [3.8, 4) is 0 Å². The third-order valence-electron chi connectivity index (χ3n) is 3.02. The van der Waals surface area contributed by atoms with E-state index in [1.807, 2.05) is 29.6 Å². The molecule has 0 saturated carbocycles. The average Bonchev–Trinajstić information content (AvgIpc) is 2.92. The van der Waals surface area contributed by atoms with Gasteiger partial charge in [0.1, 0.15) is 5.54 Å². The molecule has 3 N–H and O–H groups in total. The van der Waals surface area contributed by atoms with Crippen molar-refractivity contribution < 1.29 is 4.79 Å². The Hall–Kier alpha value is -1.24. The van der Waals surface area contributed by atoms with Gasteiger partial charge in [0, 0.05) is 29.0 Å². The van der Waals surface area contributed by atoms with Gasteiger partial charge in [0.25, 0.3) is 0 Å². The van der Waals surface area contributed by atoms with Crippen LogP contribution in [-0.4, -0.2) is 17.4 Å². The van der Waals surface area contributed by atoms with E-state index in [0.29, 0.717) is 6.54 Å². The highest BCUT2D eigenvalue weighted by atomic mass is 79.9. The molecule has 0 fully saturated rings. The van der Waals surface area contributed by atoms with E-state index in [1.54, 1.807) is 24.5 Å². The fourth-order valence-corrected chi connectivity index (χ4v) is 2.65. The Labute approximate surface area is 130 Å². The molecule has 1 atom stereocenters. The third-order valence-corrected chi connectivity index (χ3v) is 4.39. The van der Waals surface area contributed by atoms with Gasteiger partial charge < -0.3 is 11.1 Å². The number of aromatic nitrogens is 1. The monoisotopic (exact) mass is 353 g/mol. The number of thiazole rings is 1. The van der Waals surface area contributed by atoms with Gasteiger partial charge in [0.05, 0.1) is 5.01 Å². The topological polar surface area (TPSA) is 68.0 Å². The highest BCUT2D eigenvalue weighted by Crippen LogP contribution is 2.20. The SMILES string of the molecule is CC(N)(C(=O)NCCc1nccs1)c1ccc(Br)cc1. The molecule has 0 aliphatic carbocycles. The number of amides is 1. The van der Waals surface area contributed by atoms with Crippen molar-refractivity contribution in [2.45, 2.75) is 18.9 Å². The van der Waals surface area contributed by atoms with E-state index in [1.165, 1.54) is 0 Å². The van der Waals surface area contributed by atoms with Crippen molar-refractivity contribution >= 4 is 33.2 Å². The first-order valence-electron chi connectivity index (χ1n) is 6.22. The van der Waals surface area contributed by atoms with Crippen LogP contribution in [0.25, 0.3) is 0 Å². The zero-order valence-electron chi connectivity index (χ0n) is 11.1. The van der Waals surface area contributed by atoms with E-state index < -0.39 is 5.54 Å². The van der Waals surface area contributed by atoms with Crippen molar-refractivity contribution in [3.05, 3.63) is 50.9 Å². The van der Waals surface area contributed by atoms with E-state index in [2.05, 4.69) is 26.2 Å². The Kier molecular flexibility index (Phi) is 4.91. The maximum atomic E-state index is 12.2. The summed E-state index contributed by atoms with van der Waals surface area (Å²) < 4.78 is 0.959. The number of hydrogen-bond donors (Lipinski definition) is 2. The number of carbonyl (C=O) groups excluding carboxylic acids is 1. The van der Waals surface area contributed by atoms with Crippen LogP contribution in [-0.2, 0) is 16.8 Å². The summed E-state index contributed by atoms with van der Waals surface area (Å²) >= 11 is 4.95. The number of rotatable bonds is 5. The van der Waals surface area contributed by atoms with E-state index >= 15 is 0 Å². The van der Waals surface area contributed by atoms with Crippen molar-refractivity contribution in [1.29, 1.82) is 0 Å². The number of nitrogens with two attached hydrogens (primary N) is 1. The minimum Gasteiger partial charge on any atom is -0.354 e. The van der Waals surface area contributed by atoms with Gasteiger partial charge in [-0.15, -0.1) is 11.3 Å². The first-order valence-corrected chi connectivity index (χ1v) is 7.89. The number of nitrogens with zero attached hydrogens (tertiary/aromatic N) is 1. The molecule has 2 rings (SSSR count). The summed E-state index contributed by atoms with van der Waals surface area (Å²) in [5.41, 5.74) is 5.90. The van der Waals surface area contributed by atoms with Gasteiger partial charge in [0.15, 0.2) is 0 Å². The average molecular weight is 354 g/mol. The summed E-state index contributed by atoms with van der Waals surface area (Å²) in [6.07, 6.45) is 2.48. The van der Waals surface area contributed by atoms with Crippen LogP contribution in [0.3, 0.4) is 0 Å². The van der Waals surface area contributed by atoms with Crippen LogP contribution in [0.4, 0.5) is 0 Å². The number of nitrogens with one attached hydrogen (secondary N) is 1. The molecule has 4 nitrogen and oxygen atoms in total. The fourth-order valence-electron chi connectivity index (χ4n) is 1.77. The molecule has 2 aromatic rings. The molecule has 0 radical (unpaired) electrons. The summed E-state index contributed by atoms with van der Waals surface area (Å²) in [6.45, 7) is 2.25. The van der Waals surface area contributed by atoms with Crippen LogP contribution < -0.4 is 11.1 Å². The summed E-state index contributed by atoms with van der Waals surface area (Å²) in [7, 11) is 0. The van der Waals surface area contributed by atoms with Crippen molar-refractivity contribution in [2.75, 3.05) is 6.54 Å². The molecule has 0 aliphatic heterocycles. The Balaban J connectivity index is 1.94. The van der Waals surface area contributed by atoms with Crippen LogP contribution >= 0.6 is 27.3 Å². The molecule has 1 amide bonds. The lowest BCUT2D eigenvalue weighted by Crippen LogP contribution is -2.49. The van der Waals surface area contributed by atoms with Crippen LogP contribution in [0, 0.1) is 0 Å². The Morgan fingerprint density at radius 1 is 1.45 bits per heavy atom. The Bertz CT molecular complexity index is 567. The molecule has 20 heavy (non-hydrogen) atoms. The second kappa shape index (κ2) is 6.47. The molecule has 0 spiro atoms. The third kappa shape index (κ3) is 3.65.